The van der Waals surface area contributed by atoms with E-state index in [4.69, 9.17) is 18.6 Å². The van der Waals surface area contributed by atoms with Crippen LogP contribution in [0.3, 0.4) is 0 Å². The highest BCUT2D eigenvalue weighted by Crippen LogP contribution is 2.38. The summed E-state index contributed by atoms with van der Waals surface area (Å²) < 4.78 is 26.4. The Morgan fingerprint density at radius 2 is 1.56 bits per heavy atom. The van der Waals surface area contributed by atoms with Crippen LogP contribution in [0.15, 0.2) is 76.4 Å². The minimum Gasteiger partial charge on any atom is -0.405 e. The Morgan fingerprint density at radius 1 is 1.00 bits per heavy atom. The molecule has 0 aliphatic carbocycles. The van der Waals surface area contributed by atoms with Crippen LogP contribution >= 0.6 is 0 Å². The summed E-state index contributed by atoms with van der Waals surface area (Å²) in [6.07, 6.45) is -3.10. The van der Waals surface area contributed by atoms with Crippen molar-refractivity contribution in [2.45, 2.75) is 83.3 Å². The molecule has 0 bridgehead atoms. The van der Waals surface area contributed by atoms with Crippen LogP contribution in [-0.4, -0.2) is 67.2 Å². The second-order valence-corrected chi connectivity index (χ2v) is 16.1. The van der Waals surface area contributed by atoms with Crippen molar-refractivity contribution in [2.75, 3.05) is 13.7 Å². The molecule has 0 spiro atoms. The van der Waals surface area contributed by atoms with Crippen LogP contribution in [0.2, 0.25) is 5.04 Å². The number of methoxy groups -OCH3 is 1. The maximum Gasteiger partial charge on any atom is 0.330 e. The number of hydrogen-bond donors (Lipinski definition) is 2. The number of aliphatic hydroxyl groups excluding tert-OH is 1. The Balaban J connectivity index is 1.73. The van der Waals surface area contributed by atoms with Crippen molar-refractivity contribution in [3.05, 3.63) is 93.3 Å². The highest BCUT2D eigenvalue weighted by atomic mass is 28.4. The molecule has 1 unspecified atom stereocenters. The zero-order valence-corrected chi connectivity index (χ0v) is 25.9. The monoisotopic (exact) mass is 582 g/mol. The summed E-state index contributed by atoms with van der Waals surface area (Å²) in [6, 6.07) is 20.4. The van der Waals surface area contributed by atoms with Crippen LogP contribution in [0.25, 0.3) is 0 Å². The van der Waals surface area contributed by atoms with Crippen LogP contribution in [-0.2, 0) is 18.6 Å². The van der Waals surface area contributed by atoms with Crippen LogP contribution in [0.4, 0.5) is 0 Å². The standard InChI is InChI=1S/C31H42N2O7Si/c1-20-18-33(30(36)32-28(20)35)29-27(39-22(3)21(2)37-7)26(34)25(40-29)19-38-41(31(4,5)6,23-14-10-8-11-15-23)24-16-12-9-13-17-24/h8-18,21-22,25-27,29,34H,19H2,1-7H3,(H,32,35,36)/t21-,22+,25+,26?,27-,29+/m0/s1. The molecule has 2 heterocycles. The average Bonchev–Trinajstić information content (AvgIpc) is 3.25. The molecule has 0 radical (unpaired) electrons. The first-order valence-electron chi connectivity index (χ1n) is 14.0. The molecule has 222 valence electrons. The number of hydrogen-bond acceptors (Lipinski definition) is 7. The number of aromatic amines is 1. The number of nitrogens with zero attached hydrogens (tertiary/aromatic N) is 1. The van der Waals surface area contributed by atoms with E-state index in [-0.39, 0.29) is 17.7 Å². The van der Waals surface area contributed by atoms with Crippen LogP contribution in [0.1, 0.15) is 46.4 Å². The molecular formula is C31H42N2O7Si. The van der Waals surface area contributed by atoms with Gasteiger partial charge in [-0.15, -0.1) is 0 Å². The van der Waals surface area contributed by atoms with Gasteiger partial charge in [0.25, 0.3) is 13.9 Å². The van der Waals surface area contributed by atoms with E-state index >= 15 is 0 Å². The molecule has 1 saturated heterocycles. The molecule has 1 aliphatic rings. The SMILES string of the molecule is CO[C@@H](C)[C@@H](C)O[C@H]1C(O)[C@@H](CO[Si](c2ccccc2)(c2ccccc2)C(C)(C)C)O[C@H]1n1cc(C)c(=O)[nH]c1=O. The molecule has 0 amide bonds. The molecule has 2 aromatic carbocycles. The van der Waals surface area contributed by atoms with E-state index in [9.17, 15) is 14.7 Å². The fraction of sp³-hybridized carbons (Fsp3) is 0.484. The van der Waals surface area contributed by atoms with Gasteiger partial charge in [-0.2, -0.15) is 0 Å². The molecule has 4 rings (SSSR count). The number of aryl methyl sites for hydroxylation is 1. The van der Waals surface area contributed by atoms with Gasteiger partial charge in [-0.25, -0.2) is 4.79 Å². The van der Waals surface area contributed by atoms with E-state index in [0.717, 1.165) is 10.4 Å². The minimum absolute atomic E-state index is 0.0656. The number of aromatic nitrogens is 2. The van der Waals surface area contributed by atoms with E-state index in [0.29, 0.717) is 5.56 Å². The van der Waals surface area contributed by atoms with E-state index in [1.165, 1.54) is 10.8 Å². The predicted octanol–water partition coefficient (Wildman–Crippen LogP) is 2.49. The van der Waals surface area contributed by atoms with Crippen LogP contribution in [0, 0.1) is 6.92 Å². The molecule has 0 saturated carbocycles. The zero-order valence-electron chi connectivity index (χ0n) is 24.9. The summed E-state index contributed by atoms with van der Waals surface area (Å²) in [5.41, 5.74) is -0.783. The highest BCUT2D eigenvalue weighted by molar-refractivity contribution is 6.99. The summed E-state index contributed by atoms with van der Waals surface area (Å²) in [4.78, 5) is 27.3. The van der Waals surface area contributed by atoms with E-state index < -0.39 is 50.2 Å². The first kappa shape index (κ1) is 31.1. The van der Waals surface area contributed by atoms with E-state index in [1.54, 1.807) is 14.0 Å². The van der Waals surface area contributed by atoms with Crippen molar-refractivity contribution >= 4 is 18.7 Å². The average molecular weight is 583 g/mol. The number of ether oxygens (including phenoxy) is 3. The second kappa shape index (κ2) is 12.6. The zero-order chi connectivity index (χ0) is 29.9. The molecule has 2 N–H and O–H groups in total. The molecule has 10 heteroatoms. The van der Waals surface area contributed by atoms with Crippen molar-refractivity contribution in [3.8, 4) is 0 Å². The third-order valence-electron chi connectivity index (χ3n) is 8.02. The number of rotatable bonds is 10. The van der Waals surface area contributed by atoms with Crippen LogP contribution < -0.4 is 21.6 Å². The Morgan fingerprint density at radius 3 is 2.07 bits per heavy atom. The van der Waals surface area contributed by atoms with Gasteiger partial charge in [-0.3, -0.25) is 14.3 Å². The summed E-state index contributed by atoms with van der Waals surface area (Å²) in [5, 5.41) is 13.5. The van der Waals surface area contributed by atoms with E-state index in [1.807, 2.05) is 50.2 Å². The van der Waals surface area contributed by atoms with Gasteiger partial charge in [-0.05, 0) is 36.2 Å². The van der Waals surface area contributed by atoms with Crippen molar-refractivity contribution < 1.29 is 23.7 Å². The number of H-pyrrole nitrogens is 1. The molecule has 1 fully saturated rings. The summed E-state index contributed by atoms with van der Waals surface area (Å²) in [6.45, 7) is 11.9. The van der Waals surface area contributed by atoms with Crippen molar-refractivity contribution in [2.24, 2.45) is 0 Å². The second-order valence-electron chi connectivity index (χ2n) is 11.8. The lowest BCUT2D eigenvalue weighted by atomic mass is 10.1. The molecule has 1 aliphatic heterocycles. The maximum atomic E-state index is 12.9. The van der Waals surface area contributed by atoms with Crippen molar-refractivity contribution in [1.29, 1.82) is 0 Å². The van der Waals surface area contributed by atoms with Gasteiger partial charge < -0.3 is 23.7 Å². The van der Waals surface area contributed by atoms with Gasteiger partial charge in [0.15, 0.2) is 6.23 Å². The summed E-state index contributed by atoms with van der Waals surface area (Å²) in [7, 11) is -1.34. The van der Waals surface area contributed by atoms with Gasteiger partial charge in [0.2, 0.25) is 0 Å². The van der Waals surface area contributed by atoms with Crippen molar-refractivity contribution in [1.82, 2.24) is 9.55 Å². The summed E-state index contributed by atoms with van der Waals surface area (Å²) in [5.74, 6) is 0. The highest BCUT2D eigenvalue weighted by Gasteiger charge is 2.53. The van der Waals surface area contributed by atoms with E-state index in [2.05, 4.69) is 50.0 Å². The van der Waals surface area contributed by atoms with Gasteiger partial charge in [-0.1, -0.05) is 81.4 Å². The maximum absolute atomic E-state index is 12.9. The Kier molecular flexibility index (Phi) is 9.52. The smallest absolute Gasteiger partial charge is 0.330 e. The quantitative estimate of drug-likeness (QED) is 0.353. The predicted molar refractivity (Wildman–Crippen MR) is 160 cm³/mol. The molecule has 3 aromatic rings. The Labute approximate surface area is 242 Å². The number of benzene rings is 2. The molecule has 1 aromatic heterocycles. The summed E-state index contributed by atoms with van der Waals surface area (Å²) >= 11 is 0. The molecule has 41 heavy (non-hydrogen) atoms. The van der Waals surface area contributed by atoms with Gasteiger partial charge in [0.1, 0.15) is 18.3 Å². The van der Waals surface area contributed by atoms with Crippen LogP contribution in [0.5, 0.6) is 0 Å². The van der Waals surface area contributed by atoms with Gasteiger partial charge in [0, 0.05) is 18.9 Å². The molecular weight excluding hydrogens is 540 g/mol. The van der Waals surface area contributed by atoms with Crippen molar-refractivity contribution in [3.63, 3.8) is 0 Å². The normalized spacial score (nSPS) is 22.9. The number of nitrogens with one attached hydrogen (secondary N) is 1. The first-order chi connectivity index (χ1) is 19.4. The Hall–Kier alpha value is -2.86. The molecule has 6 atom stereocenters. The fourth-order valence-electron chi connectivity index (χ4n) is 5.52. The third-order valence-corrected chi connectivity index (χ3v) is 13.0. The fourth-order valence-corrected chi connectivity index (χ4v) is 10.1. The van der Waals surface area contributed by atoms with Gasteiger partial charge >= 0.3 is 5.69 Å². The Bertz CT molecular complexity index is 1360. The third kappa shape index (κ3) is 6.18. The first-order valence-corrected chi connectivity index (χ1v) is 15.9. The lowest BCUT2D eigenvalue weighted by Gasteiger charge is -2.43. The lowest BCUT2D eigenvalue weighted by Crippen LogP contribution is -2.67. The van der Waals surface area contributed by atoms with Gasteiger partial charge in [0.05, 0.1) is 18.8 Å². The minimum atomic E-state index is -2.92. The molecule has 9 nitrogen and oxygen atoms in total. The topological polar surface area (TPSA) is 112 Å². The lowest BCUT2D eigenvalue weighted by molar-refractivity contribution is -0.130. The number of aliphatic hydroxyl groups is 1. The largest absolute Gasteiger partial charge is 0.405 e.